The normalized spacial score (nSPS) is 12.5. The maximum atomic E-state index is 13.6. The van der Waals surface area contributed by atoms with Crippen LogP contribution >= 0.6 is 0 Å². The number of hydrogen-bond acceptors (Lipinski definition) is 7. The molecule has 4 aromatic carbocycles. The van der Waals surface area contributed by atoms with Crippen LogP contribution in [0.3, 0.4) is 0 Å². The molecule has 1 atom stereocenters. The molecule has 0 fully saturated rings. The Kier molecular flexibility index (Phi) is 7.01. The SMILES string of the molecule is COc1ccc2c(c1)c(=O)oc1cc(OC(=O)[C@H](Cc3c[nH]c4ccccc34)NS(=O)(=O)c3ccc(C)cc3)ccc12. The van der Waals surface area contributed by atoms with Gasteiger partial charge in [-0.15, -0.1) is 0 Å². The van der Waals surface area contributed by atoms with Crippen molar-refractivity contribution in [2.24, 2.45) is 0 Å². The number of aromatic amines is 1. The molecule has 2 aromatic heterocycles. The predicted octanol–water partition coefficient (Wildman–Crippen LogP) is 5.24. The number of ether oxygens (including phenoxy) is 2. The largest absolute Gasteiger partial charge is 0.497 e. The van der Waals surface area contributed by atoms with Crippen molar-refractivity contribution in [1.82, 2.24) is 9.71 Å². The van der Waals surface area contributed by atoms with Gasteiger partial charge in [-0.25, -0.2) is 18.0 Å². The van der Waals surface area contributed by atoms with Gasteiger partial charge in [-0.1, -0.05) is 35.9 Å². The fraction of sp³-hybridized carbons (Fsp3) is 0.125. The van der Waals surface area contributed by atoms with Gasteiger partial charge < -0.3 is 18.9 Å². The van der Waals surface area contributed by atoms with E-state index in [4.69, 9.17) is 13.9 Å². The lowest BCUT2D eigenvalue weighted by Gasteiger charge is -2.18. The standard InChI is InChI=1S/C32H26N2O7S/c1-19-7-11-23(12-8-19)42(37,38)34-29(15-20-18-33-28-6-4-3-5-24(20)28)32(36)40-22-10-14-26-25-13-9-21(39-2)16-27(25)31(35)41-30(26)17-22/h3-14,16-18,29,33-34H,15H2,1-2H3/t29-/m0/s1. The lowest BCUT2D eigenvalue weighted by molar-refractivity contribution is -0.136. The van der Waals surface area contributed by atoms with Crippen LogP contribution in [0.5, 0.6) is 11.5 Å². The van der Waals surface area contributed by atoms with Crippen LogP contribution in [0.1, 0.15) is 11.1 Å². The number of esters is 1. The van der Waals surface area contributed by atoms with Crippen molar-refractivity contribution in [2.45, 2.75) is 24.3 Å². The summed E-state index contributed by atoms with van der Waals surface area (Å²) in [7, 11) is -2.56. The van der Waals surface area contributed by atoms with E-state index >= 15 is 0 Å². The van der Waals surface area contributed by atoms with E-state index in [0.29, 0.717) is 21.9 Å². The number of carbonyl (C=O) groups excluding carboxylic acids is 1. The van der Waals surface area contributed by atoms with Crippen LogP contribution in [-0.4, -0.2) is 32.5 Å². The molecule has 0 saturated carbocycles. The average molecular weight is 583 g/mol. The minimum absolute atomic E-state index is 0.0285. The summed E-state index contributed by atoms with van der Waals surface area (Å²) in [5.41, 5.74) is 2.15. The summed E-state index contributed by atoms with van der Waals surface area (Å²) < 4.78 is 45.5. The Balaban J connectivity index is 1.34. The number of sulfonamides is 1. The van der Waals surface area contributed by atoms with Crippen molar-refractivity contribution in [3.8, 4) is 11.5 Å². The van der Waals surface area contributed by atoms with Crippen LogP contribution in [0.4, 0.5) is 0 Å². The Labute approximate surface area is 240 Å². The van der Waals surface area contributed by atoms with Gasteiger partial charge >= 0.3 is 11.6 Å². The molecule has 2 heterocycles. The third-order valence-corrected chi connectivity index (χ3v) is 8.61. The Bertz CT molecular complexity index is 2130. The number of H-pyrrole nitrogens is 1. The average Bonchev–Trinajstić information content (AvgIpc) is 3.39. The molecule has 0 radical (unpaired) electrons. The summed E-state index contributed by atoms with van der Waals surface area (Å²) >= 11 is 0. The molecule has 6 aromatic rings. The highest BCUT2D eigenvalue weighted by molar-refractivity contribution is 7.89. The van der Waals surface area contributed by atoms with Gasteiger partial charge in [-0.05, 0) is 61.0 Å². The van der Waals surface area contributed by atoms with E-state index in [0.717, 1.165) is 22.0 Å². The Hall–Kier alpha value is -4.93. The zero-order valence-corrected chi connectivity index (χ0v) is 23.5. The first-order valence-electron chi connectivity index (χ1n) is 13.1. The third kappa shape index (κ3) is 5.25. The van der Waals surface area contributed by atoms with Crippen LogP contribution in [0.15, 0.2) is 105 Å². The predicted molar refractivity (Wildman–Crippen MR) is 159 cm³/mol. The summed E-state index contributed by atoms with van der Waals surface area (Å²) in [6.07, 6.45) is 1.78. The molecule has 0 unspecified atom stereocenters. The number of hydrogen-bond donors (Lipinski definition) is 2. The fourth-order valence-electron chi connectivity index (χ4n) is 4.94. The van der Waals surface area contributed by atoms with E-state index < -0.39 is 27.7 Å². The Morgan fingerprint density at radius 1 is 0.905 bits per heavy atom. The van der Waals surface area contributed by atoms with E-state index in [2.05, 4.69) is 9.71 Å². The smallest absolute Gasteiger partial charge is 0.344 e. The summed E-state index contributed by atoms with van der Waals surface area (Å²) in [5, 5.41) is 2.52. The Morgan fingerprint density at radius 2 is 1.64 bits per heavy atom. The van der Waals surface area contributed by atoms with Crippen LogP contribution < -0.4 is 19.8 Å². The second kappa shape index (κ2) is 10.8. The van der Waals surface area contributed by atoms with Gasteiger partial charge in [0.25, 0.3) is 0 Å². The lowest BCUT2D eigenvalue weighted by Crippen LogP contribution is -2.44. The van der Waals surface area contributed by atoms with Crippen molar-refractivity contribution < 1.29 is 27.1 Å². The van der Waals surface area contributed by atoms with Gasteiger partial charge in [0.1, 0.15) is 23.1 Å². The van der Waals surface area contributed by atoms with Crippen LogP contribution in [0, 0.1) is 6.92 Å². The van der Waals surface area contributed by atoms with E-state index in [9.17, 15) is 18.0 Å². The van der Waals surface area contributed by atoms with Crippen molar-refractivity contribution >= 4 is 48.6 Å². The number of fused-ring (bicyclic) bond motifs is 4. The van der Waals surface area contributed by atoms with E-state index in [1.807, 2.05) is 31.2 Å². The van der Waals surface area contributed by atoms with Gasteiger partial charge in [0.05, 0.1) is 17.4 Å². The molecular formula is C32H26N2O7S. The molecule has 0 spiro atoms. The molecule has 0 aliphatic heterocycles. The molecular weight excluding hydrogens is 556 g/mol. The zero-order valence-electron chi connectivity index (χ0n) is 22.7. The number of nitrogens with one attached hydrogen (secondary N) is 2. The highest BCUT2D eigenvalue weighted by Gasteiger charge is 2.29. The van der Waals surface area contributed by atoms with Crippen molar-refractivity contribution in [3.63, 3.8) is 0 Å². The van der Waals surface area contributed by atoms with Crippen LogP contribution in [0.25, 0.3) is 32.6 Å². The number of rotatable bonds is 8. The van der Waals surface area contributed by atoms with Crippen LogP contribution in [-0.2, 0) is 21.2 Å². The van der Waals surface area contributed by atoms with E-state index in [1.165, 1.54) is 25.3 Å². The third-order valence-electron chi connectivity index (χ3n) is 7.12. The van der Waals surface area contributed by atoms with Gasteiger partial charge in [0.2, 0.25) is 10.0 Å². The van der Waals surface area contributed by atoms with Gasteiger partial charge in [-0.3, -0.25) is 0 Å². The first-order chi connectivity index (χ1) is 20.2. The van der Waals surface area contributed by atoms with Gasteiger partial charge in [0.15, 0.2) is 0 Å². The van der Waals surface area contributed by atoms with E-state index in [1.54, 1.807) is 48.7 Å². The number of aromatic nitrogens is 1. The minimum Gasteiger partial charge on any atom is -0.497 e. The monoisotopic (exact) mass is 582 g/mol. The summed E-state index contributed by atoms with van der Waals surface area (Å²) in [5.74, 6) is -0.195. The molecule has 212 valence electrons. The molecule has 0 aliphatic rings. The fourth-order valence-corrected chi connectivity index (χ4v) is 6.12. The number of carbonyl (C=O) groups is 1. The first kappa shape index (κ1) is 27.3. The first-order valence-corrected chi connectivity index (χ1v) is 14.6. The lowest BCUT2D eigenvalue weighted by atomic mass is 10.1. The molecule has 6 rings (SSSR count). The highest BCUT2D eigenvalue weighted by Crippen LogP contribution is 2.29. The van der Waals surface area contributed by atoms with Crippen molar-refractivity contribution in [1.29, 1.82) is 0 Å². The highest BCUT2D eigenvalue weighted by atomic mass is 32.2. The summed E-state index contributed by atoms with van der Waals surface area (Å²) in [4.78, 5) is 29.4. The zero-order chi connectivity index (χ0) is 29.4. The number of benzene rings is 4. The maximum Gasteiger partial charge on any atom is 0.344 e. The summed E-state index contributed by atoms with van der Waals surface area (Å²) in [6, 6.07) is 22.4. The van der Waals surface area contributed by atoms with Crippen molar-refractivity contribution in [3.05, 3.63) is 113 Å². The molecule has 10 heteroatoms. The molecule has 42 heavy (non-hydrogen) atoms. The second-order valence-electron chi connectivity index (χ2n) is 9.93. The molecule has 0 aliphatic carbocycles. The topological polar surface area (TPSA) is 128 Å². The second-order valence-corrected chi connectivity index (χ2v) is 11.6. The van der Waals surface area contributed by atoms with Crippen LogP contribution in [0.2, 0.25) is 0 Å². The van der Waals surface area contributed by atoms with E-state index in [-0.39, 0.29) is 22.6 Å². The van der Waals surface area contributed by atoms with Gasteiger partial charge in [-0.2, -0.15) is 4.72 Å². The molecule has 0 bridgehead atoms. The number of para-hydroxylation sites is 1. The minimum atomic E-state index is -4.07. The molecule has 9 nitrogen and oxygen atoms in total. The number of aryl methyl sites for hydroxylation is 1. The number of methoxy groups -OCH3 is 1. The van der Waals surface area contributed by atoms with Crippen molar-refractivity contribution in [2.75, 3.05) is 7.11 Å². The molecule has 0 saturated heterocycles. The van der Waals surface area contributed by atoms with Gasteiger partial charge in [0, 0.05) is 40.4 Å². The Morgan fingerprint density at radius 3 is 2.43 bits per heavy atom. The molecule has 0 amide bonds. The maximum absolute atomic E-state index is 13.6. The molecule has 2 N–H and O–H groups in total. The summed E-state index contributed by atoms with van der Waals surface area (Å²) in [6.45, 7) is 1.85. The quantitative estimate of drug-likeness (QED) is 0.109.